The van der Waals surface area contributed by atoms with Crippen LogP contribution in [0.3, 0.4) is 0 Å². The van der Waals surface area contributed by atoms with Crippen LogP contribution in [0, 0.1) is 5.92 Å². The van der Waals surface area contributed by atoms with Crippen LogP contribution in [0.5, 0.6) is 0 Å². The topological polar surface area (TPSA) is 49.4 Å². The molecule has 0 bridgehead atoms. The number of nitrogens with zero attached hydrogens (tertiary/aromatic N) is 1. The Morgan fingerprint density at radius 1 is 1.03 bits per heavy atom. The molecule has 30 heavy (non-hydrogen) atoms. The molecule has 160 valence electrons. The highest BCUT2D eigenvalue weighted by Gasteiger charge is 2.33. The number of rotatable bonds is 7. The summed E-state index contributed by atoms with van der Waals surface area (Å²) < 4.78 is 0. The van der Waals surface area contributed by atoms with Crippen LogP contribution < -0.4 is 5.32 Å². The zero-order valence-electron chi connectivity index (χ0n) is 17.2. The van der Waals surface area contributed by atoms with Crippen molar-refractivity contribution in [2.75, 3.05) is 5.88 Å². The van der Waals surface area contributed by atoms with E-state index in [0.29, 0.717) is 17.5 Å². The lowest BCUT2D eigenvalue weighted by Gasteiger charge is -2.34. The number of alkyl halides is 1. The third-order valence-electron chi connectivity index (χ3n) is 5.74. The van der Waals surface area contributed by atoms with Gasteiger partial charge >= 0.3 is 0 Å². The fourth-order valence-electron chi connectivity index (χ4n) is 3.98. The summed E-state index contributed by atoms with van der Waals surface area (Å²) >= 11 is 12.0. The second-order valence-corrected chi connectivity index (χ2v) is 8.76. The number of carbonyl (C=O) groups is 2. The van der Waals surface area contributed by atoms with E-state index < -0.39 is 6.04 Å². The lowest BCUT2D eigenvalue weighted by molar-refractivity contribution is -0.140. The van der Waals surface area contributed by atoms with Crippen LogP contribution in [-0.2, 0) is 16.1 Å². The van der Waals surface area contributed by atoms with Gasteiger partial charge in [-0.15, -0.1) is 11.6 Å². The smallest absolute Gasteiger partial charge is 0.247 e. The van der Waals surface area contributed by atoms with Gasteiger partial charge < -0.3 is 10.2 Å². The minimum absolute atomic E-state index is 0.133. The van der Waals surface area contributed by atoms with E-state index in [1.807, 2.05) is 30.3 Å². The van der Waals surface area contributed by atoms with Crippen LogP contribution in [0.15, 0.2) is 54.6 Å². The number of benzene rings is 2. The molecule has 6 heteroatoms. The van der Waals surface area contributed by atoms with Crippen molar-refractivity contribution in [3.8, 4) is 0 Å². The Morgan fingerprint density at radius 2 is 1.67 bits per heavy atom. The first-order valence-corrected chi connectivity index (χ1v) is 11.3. The van der Waals surface area contributed by atoms with Gasteiger partial charge in [0.1, 0.15) is 11.9 Å². The first-order valence-electron chi connectivity index (χ1n) is 10.4. The molecule has 1 fully saturated rings. The van der Waals surface area contributed by atoms with Crippen LogP contribution in [0.25, 0.3) is 0 Å². The summed E-state index contributed by atoms with van der Waals surface area (Å²) in [5, 5.41) is 3.77. The van der Waals surface area contributed by atoms with Gasteiger partial charge in [0.05, 0.1) is 0 Å². The van der Waals surface area contributed by atoms with Crippen molar-refractivity contribution in [2.24, 2.45) is 5.92 Å². The minimum Gasteiger partial charge on any atom is -0.351 e. The second-order valence-electron chi connectivity index (χ2n) is 8.06. The Morgan fingerprint density at radius 3 is 2.27 bits per heavy atom. The highest BCUT2D eigenvalue weighted by atomic mass is 35.5. The third kappa shape index (κ3) is 5.99. The molecule has 0 radical (unpaired) electrons. The Balaban J connectivity index is 1.90. The van der Waals surface area contributed by atoms with Crippen molar-refractivity contribution < 1.29 is 9.59 Å². The van der Waals surface area contributed by atoms with E-state index in [4.69, 9.17) is 23.2 Å². The summed E-state index contributed by atoms with van der Waals surface area (Å²) in [7, 11) is 0. The highest BCUT2D eigenvalue weighted by Crippen LogP contribution is 2.28. The molecule has 3 rings (SSSR count). The van der Waals surface area contributed by atoms with Crippen molar-refractivity contribution in [3.63, 3.8) is 0 Å². The summed E-state index contributed by atoms with van der Waals surface area (Å²) in [4.78, 5) is 27.8. The maximum Gasteiger partial charge on any atom is 0.247 e. The van der Waals surface area contributed by atoms with Gasteiger partial charge in [-0.05, 0) is 54.9 Å². The van der Waals surface area contributed by atoms with Gasteiger partial charge in [-0.3, -0.25) is 9.59 Å². The van der Waals surface area contributed by atoms with Crippen molar-refractivity contribution >= 4 is 35.0 Å². The number of amides is 2. The highest BCUT2D eigenvalue weighted by molar-refractivity contribution is 6.30. The van der Waals surface area contributed by atoms with Crippen LogP contribution in [0.1, 0.15) is 49.8 Å². The monoisotopic (exact) mass is 446 g/mol. The first kappa shape index (κ1) is 22.6. The Kier molecular flexibility index (Phi) is 8.17. The average molecular weight is 447 g/mol. The van der Waals surface area contributed by atoms with Crippen molar-refractivity contribution in [1.82, 2.24) is 10.2 Å². The summed E-state index contributed by atoms with van der Waals surface area (Å²) in [6, 6.07) is 16.1. The van der Waals surface area contributed by atoms with Gasteiger partial charge in [0.25, 0.3) is 0 Å². The molecule has 0 spiro atoms. The number of hydrogen-bond donors (Lipinski definition) is 1. The Bertz CT molecular complexity index is 834. The number of halogens is 2. The molecule has 1 aliphatic rings. The lowest BCUT2D eigenvalue weighted by Crippen LogP contribution is -2.47. The molecule has 1 atom stereocenters. The molecule has 1 N–H and O–H groups in total. The van der Waals surface area contributed by atoms with E-state index >= 15 is 0 Å². The van der Waals surface area contributed by atoms with Crippen molar-refractivity contribution in [3.05, 3.63) is 70.7 Å². The van der Waals surface area contributed by atoms with Gasteiger partial charge in [-0.2, -0.15) is 0 Å². The fraction of sp³-hybridized carbons (Fsp3) is 0.417. The largest absolute Gasteiger partial charge is 0.351 e. The molecule has 2 aromatic carbocycles. The zero-order valence-corrected chi connectivity index (χ0v) is 18.7. The van der Waals surface area contributed by atoms with Gasteiger partial charge in [0.15, 0.2) is 0 Å². The van der Waals surface area contributed by atoms with E-state index in [9.17, 15) is 9.59 Å². The maximum absolute atomic E-state index is 13.4. The predicted molar refractivity (Wildman–Crippen MR) is 121 cm³/mol. The SMILES string of the molecule is CC1CCC(NC(=O)[C@@H](c2ccc(Cl)cc2)N(Cc2ccccc2)C(=O)CCl)CC1. The van der Waals surface area contributed by atoms with Crippen LogP contribution in [-0.4, -0.2) is 28.6 Å². The van der Waals surface area contributed by atoms with E-state index in [0.717, 1.165) is 36.8 Å². The van der Waals surface area contributed by atoms with Crippen LogP contribution >= 0.6 is 23.2 Å². The third-order valence-corrected chi connectivity index (χ3v) is 6.22. The van der Waals surface area contributed by atoms with E-state index in [1.165, 1.54) is 0 Å². The number of hydrogen-bond acceptors (Lipinski definition) is 2. The molecule has 1 aliphatic carbocycles. The molecule has 2 aromatic rings. The fourth-order valence-corrected chi connectivity index (χ4v) is 4.26. The molecule has 0 heterocycles. The van der Waals surface area contributed by atoms with E-state index in [2.05, 4.69) is 12.2 Å². The first-order chi connectivity index (χ1) is 14.5. The molecule has 4 nitrogen and oxygen atoms in total. The van der Waals surface area contributed by atoms with Crippen LogP contribution in [0.4, 0.5) is 0 Å². The van der Waals surface area contributed by atoms with Gasteiger partial charge in [-0.1, -0.05) is 61.0 Å². The number of carbonyl (C=O) groups excluding carboxylic acids is 2. The maximum atomic E-state index is 13.4. The molecule has 0 aliphatic heterocycles. The van der Waals surface area contributed by atoms with Gasteiger partial charge in [0.2, 0.25) is 11.8 Å². The quantitative estimate of drug-likeness (QED) is 0.583. The zero-order chi connectivity index (χ0) is 21.5. The summed E-state index contributed by atoms with van der Waals surface area (Å²) in [6.07, 6.45) is 4.13. The molecule has 1 saturated carbocycles. The Hall–Kier alpha value is -2.04. The normalized spacial score (nSPS) is 19.7. The predicted octanol–water partition coefficient (Wildman–Crippen LogP) is 5.34. The average Bonchev–Trinajstić information content (AvgIpc) is 2.76. The molecule has 0 unspecified atom stereocenters. The lowest BCUT2D eigenvalue weighted by atomic mass is 9.87. The summed E-state index contributed by atoms with van der Waals surface area (Å²) in [5.41, 5.74) is 1.66. The molecular weight excluding hydrogens is 419 g/mol. The van der Waals surface area contributed by atoms with Gasteiger partial charge in [0, 0.05) is 17.6 Å². The van der Waals surface area contributed by atoms with Gasteiger partial charge in [-0.25, -0.2) is 0 Å². The molecule has 0 aromatic heterocycles. The molecular formula is C24H28Cl2N2O2. The van der Waals surface area contributed by atoms with E-state index in [-0.39, 0.29) is 23.7 Å². The molecule has 2 amide bonds. The van der Waals surface area contributed by atoms with Crippen LogP contribution in [0.2, 0.25) is 5.02 Å². The number of nitrogens with one attached hydrogen (secondary N) is 1. The van der Waals surface area contributed by atoms with E-state index in [1.54, 1.807) is 29.2 Å². The second kappa shape index (κ2) is 10.8. The standard InChI is InChI=1S/C24H28Cl2N2O2/c1-17-7-13-21(14-8-17)27-24(30)23(19-9-11-20(26)12-10-19)28(22(29)15-25)16-18-5-3-2-4-6-18/h2-6,9-12,17,21,23H,7-8,13-16H2,1H3,(H,27,30)/t17?,21?,23-/m1/s1. The molecule has 0 saturated heterocycles. The summed E-state index contributed by atoms with van der Waals surface area (Å²) in [6.45, 7) is 2.55. The minimum atomic E-state index is -0.770. The summed E-state index contributed by atoms with van der Waals surface area (Å²) in [5.74, 6) is 0.0438. The Labute approximate surface area is 188 Å². The van der Waals surface area contributed by atoms with Crippen molar-refractivity contribution in [1.29, 1.82) is 0 Å². The van der Waals surface area contributed by atoms with Crippen molar-refractivity contribution in [2.45, 2.75) is 51.2 Å².